The van der Waals surface area contributed by atoms with Crippen LogP contribution in [0.3, 0.4) is 0 Å². The number of hydrogen-bond donors (Lipinski definition) is 2. The van der Waals surface area contributed by atoms with Gasteiger partial charge in [0.05, 0.1) is 12.7 Å². The van der Waals surface area contributed by atoms with Gasteiger partial charge in [0.2, 0.25) is 5.91 Å². The Hall–Kier alpha value is -0.650. The summed E-state index contributed by atoms with van der Waals surface area (Å²) in [7, 11) is 0. The van der Waals surface area contributed by atoms with E-state index in [1.54, 1.807) is 0 Å². The minimum Gasteiger partial charge on any atom is -0.375 e. The molecule has 0 radical (unpaired) electrons. The third-order valence-electron chi connectivity index (χ3n) is 4.54. The number of nitrogens with zero attached hydrogens (tertiary/aromatic N) is 1. The Kier molecular flexibility index (Phi) is 4.05. The van der Waals surface area contributed by atoms with Gasteiger partial charge in [-0.2, -0.15) is 0 Å². The van der Waals surface area contributed by atoms with Gasteiger partial charge in [-0.1, -0.05) is 0 Å². The molecule has 2 saturated heterocycles. The van der Waals surface area contributed by atoms with Crippen LogP contribution in [0.2, 0.25) is 0 Å². The van der Waals surface area contributed by atoms with Crippen molar-refractivity contribution < 1.29 is 9.53 Å². The van der Waals surface area contributed by atoms with Crippen LogP contribution in [0.5, 0.6) is 0 Å². The van der Waals surface area contributed by atoms with E-state index in [1.165, 1.54) is 12.8 Å². The van der Waals surface area contributed by atoms with Crippen LogP contribution in [0, 0.1) is 0 Å². The van der Waals surface area contributed by atoms with Gasteiger partial charge >= 0.3 is 0 Å². The van der Waals surface area contributed by atoms with Crippen LogP contribution < -0.4 is 10.6 Å². The number of nitrogens with one attached hydrogen (secondary N) is 2. The summed E-state index contributed by atoms with van der Waals surface area (Å²) >= 11 is 0. The van der Waals surface area contributed by atoms with Crippen LogP contribution in [0.25, 0.3) is 0 Å². The number of ether oxygens (including phenoxy) is 1. The first-order valence-electron chi connectivity index (χ1n) is 7.63. The van der Waals surface area contributed by atoms with Crippen molar-refractivity contribution in [1.82, 2.24) is 15.5 Å². The van der Waals surface area contributed by atoms with Crippen LogP contribution >= 0.6 is 0 Å². The predicted octanol–water partition coefficient (Wildman–Crippen LogP) is 0.106. The molecule has 2 N–H and O–H groups in total. The molecule has 5 nitrogen and oxygen atoms in total. The molecule has 2 atom stereocenters. The van der Waals surface area contributed by atoms with E-state index in [1.807, 2.05) is 6.92 Å². The average Bonchev–Trinajstić information content (AvgIpc) is 3.24. The first kappa shape index (κ1) is 13.3. The zero-order chi connectivity index (χ0) is 13.2. The number of amides is 1. The lowest BCUT2D eigenvalue weighted by Gasteiger charge is -2.35. The molecule has 2 heterocycles. The molecule has 3 rings (SSSR count). The van der Waals surface area contributed by atoms with E-state index >= 15 is 0 Å². The maximum atomic E-state index is 12.2. The maximum absolute atomic E-state index is 12.2. The van der Waals surface area contributed by atoms with E-state index in [0.29, 0.717) is 12.6 Å². The minimum atomic E-state index is -0.185. The monoisotopic (exact) mass is 267 g/mol. The predicted molar refractivity (Wildman–Crippen MR) is 73.0 cm³/mol. The van der Waals surface area contributed by atoms with E-state index in [2.05, 4.69) is 15.5 Å². The van der Waals surface area contributed by atoms with E-state index in [4.69, 9.17) is 4.74 Å². The molecule has 0 spiro atoms. The van der Waals surface area contributed by atoms with Gasteiger partial charge < -0.3 is 20.3 Å². The molecule has 0 unspecified atom stereocenters. The van der Waals surface area contributed by atoms with Crippen molar-refractivity contribution in [1.29, 1.82) is 0 Å². The largest absolute Gasteiger partial charge is 0.375 e. The number of hydrogen-bond acceptors (Lipinski definition) is 4. The topological polar surface area (TPSA) is 53.6 Å². The van der Waals surface area contributed by atoms with Crippen molar-refractivity contribution in [3.63, 3.8) is 0 Å². The third-order valence-corrected chi connectivity index (χ3v) is 4.54. The Morgan fingerprint density at radius 1 is 1.26 bits per heavy atom. The molecule has 108 valence electrons. The molecule has 5 heteroatoms. The molecule has 0 aromatic rings. The molecule has 3 aliphatic rings. The van der Waals surface area contributed by atoms with Gasteiger partial charge in [-0.05, 0) is 32.6 Å². The molecule has 2 aliphatic heterocycles. The minimum absolute atomic E-state index is 0.0275. The summed E-state index contributed by atoms with van der Waals surface area (Å²) in [5, 5.41) is 6.44. The standard InChI is InChI=1S/C14H25N3O2/c1-10-13(15-6-9-19-10)14(18)16-11-4-7-17(8-5-11)12-2-3-12/h10-13,15H,2-9H2,1H3,(H,16,18)/t10-,13+/m1/s1. The second-order valence-corrected chi connectivity index (χ2v) is 6.06. The number of rotatable bonds is 3. The number of carbonyl (C=O) groups excluding carboxylic acids is 1. The summed E-state index contributed by atoms with van der Waals surface area (Å²) in [5.74, 6) is 0.108. The first-order valence-corrected chi connectivity index (χ1v) is 7.63. The van der Waals surface area contributed by atoms with Crippen LogP contribution in [0.4, 0.5) is 0 Å². The average molecular weight is 267 g/mol. The third kappa shape index (κ3) is 3.27. The van der Waals surface area contributed by atoms with E-state index in [0.717, 1.165) is 38.5 Å². The second-order valence-electron chi connectivity index (χ2n) is 6.06. The summed E-state index contributed by atoms with van der Waals surface area (Å²) in [6.07, 6.45) is 4.89. The Balaban J connectivity index is 1.44. The van der Waals surface area contributed by atoms with E-state index < -0.39 is 0 Å². The van der Waals surface area contributed by atoms with E-state index in [9.17, 15) is 4.79 Å². The SMILES string of the molecule is C[C@H]1OCCN[C@@H]1C(=O)NC1CCN(C2CC2)CC1. The second kappa shape index (κ2) is 5.77. The highest BCUT2D eigenvalue weighted by molar-refractivity contribution is 5.82. The highest BCUT2D eigenvalue weighted by Gasteiger charge is 2.34. The highest BCUT2D eigenvalue weighted by Crippen LogP contribution is 2.29. The quantitative estimate of drug-likeness (QED) is 0.762. The van der Waals surface area contributed by atoms with Crippen molar-refractivity contribution in [2.75, 3.05) is 26.2 Å². The Morgan fingerprint density at radius 2 is 2.00 bits per heavy atom. The number of morpholine rings is 1. The Bertz CT molecular complexity index is 325. The molecular weight excluding hydrogens is 242 g/mol. The zero-order valence-corrected chi connectivity index (χ0v) is 11.7. The van der Waals surface area contributed by atoms with Crippen molar-refractivity contribution in [2.45, 2.75) is 56.8 Å². The summed E-state index contributed by atoms with van der Waals surface area (Å²) in [6.45, 7) is 5.71. The fourth-order valence-electron chi connectivity index (χ4n) is 3.17. The van der Waals surface area contributed by atoms with Crippen LogP contribution in [0.1, 0.15) is 32.6 Å². The van der Waals surface area contributed by atoms with Crippen LogP contribution in [0.15, 0.2) is 0 Å². The summed E-state index contributed by atoms with van der Waals surface area (Å²) in [6, 6.07) is 1.01. The zero-order valence-electron chi connectivity index (χ0n) is 11.7. The number of piperidine rings is 1. The lowest BCUT2D eigenvalue weighted by Crippen LogP contribution is -2.58. The van der Waals surface area contributed by atoms with Gasteiger partial charge in [-0.25, -0.2) is 0 Å². The molecule has 0 bridgehead atoms. The van der Waals surface area contributed by atoms with Gasteiger partial charge in [0.25, 0.3) is 0 Å². The number of carbonyl (C=O) groups is 1. The van der Waals surface area contributed by atoms with Crippen molar-refractivity contribution in [2.24, 2.45) is 0 Å². The molecular formula is C14H25N3O2. The molecule has 0 aromatic carbocycles. The highest BCUT2D eigenvalue weighted by atomic mass is 16.5. The van der Waals surface area contributed by atoms with Crippen molar-refractivity contribution in [3.8, 4) is 0 Å². The van der Waals surface area contributed by atoms with Gasteiger partial charge in [-0.15, -0.1) is 0 Å². The maximum Gasteiger partial charge on any atom is 0.240 e. The van der Waals surface area contributed by atoms with Gasteiger partial charge in [0.15, 0.2) is 0 Å². The molecule has 3 fully saturated rings. The van der Waals surface area contributed by atoms with Crippen molar-refractivity contribution in [3.05, 3.63) is 0 Å². The molecule has 1 saturated carbocycles. The number of likely N-dealkylation sites (tertiary alicyclic amines) is 1. The first-order chi connectivity index (χ1) is 9.24. The van der Waals surface area contributed by atoms with Crippen LogP contribution in [-0.2, 0) is 9.53 Å². The van der Waals surface area contributed by atoms with Gasteiger partial charge in [0.1, 0.15) is 6.04 Å². The van der Waals surface area contributed by atoms with Gasteiger partial charge in [-0.3, -0.25) is 4.79 Å². The fraction of sp³-hybridized carbons (Fsp3) is 0.929. The Morgan fingerprint density at radius 3 is 2.63 bits per heavy atom. The van der Waals surface area contributed by atoms with Gasteiger partial charge in [0, 0.05) is 31.7 Å². The van der Waals surface area contributed by atoms with E-state index in [-0.39, 0.29) is 18.1 Å². The van der Waals surface area contributed by atoms with Crippen molar-refractivity contribution >= 4 is 5.91 Å². The van der Waals surface area contributed by atoms with Crippen LogP contribution in [-0.4, -0.2) is 61.3 Å². The smallest absolute Gasteiger partial charge is 0.240 e. The summed E-state index contributed by atoms with van der Waals surface area (Å²) in [5.41, 5.74) is 0. The molecule has 19 heavy (non-hydrogen) atoms. The fourth-order valence-corrected chi connectivity index (χ4v) is 3.17. The summed E-state index contributed by atoms with van der Waals surface area (Å²) < 4.78 is 5.53. The lowest BCUT2D eigenvalue weighted by molar-refractivity contribution is -0.130. The normalized spacial score (nSPS) is 34.2. The molecule has 1 aliphatic carbocycles. The summed E-state index contributed by atoms with van der Waals surface area (Å²) in [4.78, 5) is 14.8. The molecule has 0 aromatic heterocycles. The lowest BCUT2D eigenvalue weighted by atomic mass is 10.0. The Labute approximate surface area is 115 Å². The molecule has 1 amide bonds.